The molecule has 1 heterocycles. The second-order valence-corrected chi connectivity index (χ2v) is 7.73. The highest BCUT2D eigenvalue weighted by Gasteiger charge is 2.46. The molecule has 0 fully saturated rings. The molecule has 148 valence electrons. The van der Waals surface area contributed by atoms with Crippen molar-refractivity contribution in [1.29, 1.82) is 0 Å². The van der Waals surface area contributed by atoms with Crippen LogP contribution in [0.3, 0.4) is 0 Å². The molecule has 0 unspecified atom stereocenters. The minimum atomic E-state index is -5.46. The van der Waals surface area contributed by atoms with E-state index in [-0.39, 0.29) is 5.69 Å². The molecule has 0 bridgehead atoms. The number of nitrogens with one attached hydrogen (secondary N) is 2. The van der Waals surface area contributed by atoms with Crippen LogP contribution in [-0.2, 0) is 16.6 Å². The Kier molecular flexibility index (Phi) is 6.79. The van der Waals surface area contributed by atoms with Gasteiger partial charge in [0.2, 0.25) is 0 Å². The molecule has 2 aromatic rings. The quantitative estimate of drug-likeness (QED) is 0.710. The number of anilines is 1. The van der Waals surface area contributed by atoms with E-state index in [1.807, 2.05) is 20.2 Å². The minimum absolute atomic E-state index is 0.165. The summed E-state index contributed by atoms with van der Waals surface area (Å²) in [6, 6.07) is 7.64. The van der Waals surface area contributed by atoms with Crippen molar-refractivity contribution < 1.29 is 21.6 Å². The molecule has 0 amide bonds. The van der Waals surface area contributed by atoms with Crippen LogP contribution in [0, 0.1) is 0 Å². The van der Waals surface area contributed by atoms with Gasteiger partial charge in [-0.3, -0.25) is 9.71 Å². The highest BCUT2D eigenvalue weighted by atomic mass is 32.2. The largest absolute Gasteiger partial charge is 0.516 e. The van der Waals surface area contributed by atoms with Crippen molar-refractivity contribution in [1.82, 2.24) is 15.2 Å². The molecule has 2 N–H and O–H groups in total. The first-order valence-electron chi connectivity index (χ1n) is 8.09. The Labute approximate surface area is 156 Å². The summed E-state index contributed by atoms with van der Waals surface area (Å²) >= 11 is 0. The van der Waals surface area contributed by atoms with Crippen molar-refractivity contribution in [2.45, 2.75) is 12.1 Å². The smallest absolute Gasteiger partial charge is 0.318 e. The number of likely N-dealkylation sites (N-methyl/N-ethyl adjacent to an activating group) is 2. The van der Waals surface area contributed by atoms with Crippen LogP contribution in [0.4, 0.5) is 18.9 Å². The van der Waals surface area contributed by atoms with E-state index in [1.54, 1.807) is 23.2 Å². The number of benzene rings is 1. The first kappa shape index (κ1) is 21.1. The van der Waals surface area contributed by atoms with Crippen LogP contribution in [0.2, 0.25) is 0 Å². The van der Waals surface area contributed by atoms with Crippen molar-refractivity contribution in [2.24, 2.45) is 0 Å². The third-order valence-corrected chi connectivity index (χ3v) is 4.86. The summed E-state index contributed by atoms with van der Waals surface area (Å²) in [5.41, 5.74) is -3.36. The molecule has 0 spiro atoms. The van der Waals surface area contributed by atoms with Crippen LogP contribution in [0.1, 0.15) is 5.56 Å². The molecule has 0 saturated heterocycles. The molecule has 0 aliphatic rings. The van der Waals surface area contributed by atoms with E-state index < -0.39 is 15.5 Å². The fraction of sp³-hybridized carbons (Fsp3) is 0.353. The van der Waals surface area contributed by atoms with Gasteiger partial charge in [-0.05, 0) is 43.4 Å². The van der Waals surface area contributed by atoms with Gasteiger partial charge in [-0.25, -0.2) is 0 Å². The van der Waals surface area contributed by atoms with Gasteiger partial charge in [0.15, 0.2) is 0 Å². The van der Waals surface area contributed by atoms with E-state index in [0.717, 1.165) is 18.7 Å². The van der Waals surface area contributed by atoms with Crippen molar-refractivity contribution in [3.8, 4) is 11.1 Å². The maximum Gasteiger partial charge on any atom is 0.516 e. The Morgan fingerprint density at radius 1 is 1.15 bits per heavy atom. The number of sulfonamides is 1. The van der Waals surface area contributed by atoms with Crippen LogP contribution in [0.15, 0.2) is 42.7 Å². The monoisotopic (exact) mass is 402 g/mol. The molecule has 10 heteroatoms. The Hall–Kier alpha value is -2.17. The predicted octanol–water partition coefficient (Wildman–Crippen LogP) is 2.66. The Morgan fingerprint density at radius 2 is 1.89 bits per heavy atom. The SMILES string of the molecule is CNCCN(C)Cc1cncc(-c2cccc(NS(=O)(=O)C(F)(F)F)c2)c1. The minimum Gasteiger partial charge on any atom is -0.318 e. The third-order valence-electron chi connectivity index (χ3n) is 3.74. The first-order chi connectivity index (χ1) is 12.6. The zero-order chi connectivity index (χ0) is 20.1. The fourth-order valence-corrected chi connectivity index (χ4v) is 2.95. The highest BCUT2D eigenvalue weighted by Crippen LogP contribution is 2.28. The van der Waals surface area contributed by atoms with Gasteiger partial charge in [0.05, 0.1) is 0 Å². The summed E-state index contributed by atoms with van der Waals surface area (Å²) in [7, 11) is -1.62. The second-order valence-electron chi connectivity index (χ2n) is 6.06. The average molecular weight is 402 g/mol. The van der Waals surface area contributed by atoms with Gasteiger partial charge < -0.3 is 10.2 Å². The summed E-state index contributed by atoms with van der Waals surface area (Å²) in [5.74, 6) is 0. The van der Waals surface area contributed by atoms with Gasteiger partial charge in [0, 0.05) is 43.3 Å². The molecule has 0 aliphatic heterocycles. The molecular weight excluding hydrogens is 381 g/mol. The zero-order valence-corrected chi connectivity index (χ0v) is 15.7. The van der Waals surface area contributed by atoms with E-state index in [4.69, 9.17) is 0 Å². The van der Waals surface area contributed by atoms with Gasteiger partial charge in [0.25, 0.3) is 0 Å². The third kappa shape index (κ3) is 5.91. The van der Waals surface area contributed by atoms with Crippen molar-refractivity contribution in [3.63, 3.8) is 0 Å². The Bertz CT molecular complexity index is 872. The maximum atomic E-state index is 12.5. The molecule has 6 nitrogen and oxygen atoms in total. The molecule has 0 radical (unpaired) electrons. The van der Waals surface area contributed by atoms with E-state index in [1.165, 1.54) is 18.2 Å². The lowest BCUT2D eigenvalue weighted by Gasteiger charge is -2.16. The molecule has 27 heavy (non-hydrogen) atoms. The van der Waals surface area contributed by atoms with Crippen LogP contribution >= 0.6 is 0 Å². The van der Waals surface area contributed by atoms with Gasteiger partial charge in [-0.15, -0.1) is 0 Å². The van der Waals surface area contributed by atoms with E-state index in [0.29, 0.717) is 17.7 Å². The number of pyridine rings is 1. The topological polar surface area (TPSA) is 74.3 Å². The molecule has 1 aromatic heterocycles. The highest BCUT2D eigenvalue weighted by molar-refractivity contribution is 7.93. The van der Waals surface area contributed by atoms with E-state index in [9.17, 15) is 21.6 Å². The lowest BCUT2D eigenvalue weighted by Crippen LogP contribution is -2.29. The van der Waals surface area contributed by atoms with Crippen molar-refractivity contribution in [3.05, 3.63) is 48.3 Å². The summed E-state index contributed by atoms with van der Waals surface area (Å²) in [6.45, 7) is 2.34. The van der Waals surface area contributed by atoms with Gasteiger partial charge >= 0.3 is 15.5 Å². The van der Waals surface area contributed by atoms with Gasteiger partial charge in [-0.2, -0.15) is 21.6 Å². The van der Waals surface area contributed by atoms with Crippen molar-refractivity contribution >= 4 is 15.7 Å². The number of aromatic nitrogens is 1. The predicted molar refractivity (Wildman–Crippen MR) is 98.5 cm³/mol. The maximum absolute atomic E-state index is 12.5. The summed E-state index contributed by atoms with van der Waals surface area (Å²) in [6.07, 6.45) is 3.30. The number of halogens is 3. The molecule has 2 rings (SSSR count). The van der Waals surface area contributed by atoms with Crippen LogP contribution < -0.4 is 10.0 Å². The number of alkyl halides is 3. The van der Waals surface area contributed by atoms with Crippen molar-refractivity contribution in [2.75, 3.05) is 31.9 Å². The molecule has 0 saturated carbocycles. The lowest BCUT2D eigenvalue weighted by molar-refractivity contribution is -0.0429. The fourth-order valence-electron chi connectivity index (χ4n) is 2.40. The average Bonchev–Trinajstić information content (AvgIpc) is 2.59. The van der Waals surface area contributed by atoms with E-state index in [2.05, 4.69) is 15.2 Å². The number of hydrogen-bond acceptors (Lipinski definition) is 5. The Morgan fingerprint density at radius 3 is 2.56 bits per heavy atom. The van der Waals surface area contributed by atoms with Crippen LogP contribution in [-0.4, -0.2) is 51.0 Å². The van der Waals surface area contributed by atoms with Gasteiger partial charge in [0.1, 0.15) is 0 Å². The molecule has 1 aromatic carbocycles. The number of rotatable bonds is 8. The Balaban J connectivity index is 2.21. The van der Waals surface area contributed by atoms with E-state index >= 15 is 0 Å². The standard InChI is InChI=1S/C17H21F3N4O2S/c1-21-6-7-24(2)12-13-8-15(11-22-10-13)14-4-3-5-16(9-14)23-27(25,26)17(18,19)20/h3-5,8-11,21,23H,6-7,12H2,1-2H3. The summed E-state index contributed by atoms with van der Waals surface area (Å²) in [4.78, 5) is 6.28. The second kappa shape index (κ2) is 8.68. The van der Waals surface area contributed by atoms with Crippen LogP contribution in [0.5, 0.6) is 0 Å². The molecule has 0 aliphatic carbocycles. The summed E-state index contributed by atoms with van der Waals surface area (Å²) < 4.78 is 61.7. The molecule has 0 atom stereocenters. The van der Waals surface area contributed by atoms with Gasteiger partial charge in [-0.1, -0.05) is 12.1 Å². The first-order valence-corrected chi connectivity index (χ1v) is 9.57. The number of nitrogens with zero attached hydrogens (tertiary/aromatic N) is 2. The molecular formula is C17H21F3N4O2S. The zero-order valence-electron chi connectivity index (χ0n) is 14.9. The number of hydrogen-bond donors (Lipinski definition) is 2. The normalized spacial score (nSPS) is 12.4. The summed E-state index contributed by atoms with van der Waals surface area (Å²) in [5, 5.41) is 3.06. The van der Waals surface area contributed by atoms with Crippen LogP contribution in [0.25, 0.3) is 11.1 Å². The lowest BCUT2D eigenvalue weighted by atomic mass is 10.1.